The lowest BCUT2D eigenvalue weighted by Crippen LogP contribution is -2.05. The average molecular weight is 305 g/mol. The number of phenolic OH excluding ortho intramolecular Hbond substituents is 1. The first-order valence-electron chi connectivity index (χ1n) is 6.12. The van der Waals surface area contributed by atoms with E-state index in [-0.39, 0.29) is 22.4 Å². The lowest BCUT2D eigenvalue weighted by atomic mass is 10.1. The molecular weight excluding hydrogens is 295 g/mol. The number of carbonyl (C=O) groups excluding carboxylic acids is 1. The van der Waals surface area contributed by atoms with Gasteiger partial charge in [0.25, 0.3) is 5.91 Å². The Bertz CT molecular complexity index is 774. The van der Waals surface area contributed by atoms with E-state index >= 15 is 0 Å². The van der Waals surface area contributed by atoms with Crippen LogP contribution in [0.2, 0.25) is 5.02 Å². The second-order valence-electron chi connectivity index (χ2n) is 4.49. The Balaban J connectivity index is 1.94. The molecule has 21 heavy (non-hydrogen) atoms. The highest BCUT2D eigenvalue weighted by Crippen LogP contribution is 2.32. The van der Waals surface area contributed by atoms with Crippen LogP contribution >= 0.6 is 11.6 Å². The Labute approximate surface area is 124 Å². The molecule has 0 aromatic heterocycles. The van der Waals surface area contributed by atoms with Gasteiger partial charge in [-0.2, -0.15) is 0 Å². The molecule has 1 aliphatic heterocycles. The van der Waals surface area contributed by atoms with Gasteiger partial charge in [-0.1, -0.05) is 29.8 Å². The Hall–Kier alpha value is -2.53. The smallest absolute Gasteiger partial charge is 0.257 e. The van der Waals surface area contributed by atoms with Gasteiger partial charge in [0.15, 0.2) is 0 Å². The Morgan fingerprint density at radius 3 is 2.86 bits per heavy atom. The summed E-state index contributed by atoms with van der Waals surface area (Å²) in [5.74, 6) is -1.14. The Morgan fingerprint density at radius 1 is 1.29 bits per heavy atom. The zero-order valence-corrected chi connectivity index (χ0v) is 11.4. The highest BCUT2D eigenvalue weighted by molar-refractivity contribution is 6.32. The number of benzene rings is 2. The zero-order chi connectivity index (χ0) is 15.0. The summed E-state index contributed by atoms with van der Waals surface area (Å²) >= 11 is 5.61. The number of aromatic hydroxyl groups is 1. The minimum Gasteiger partial charge on any atom is -0.506 e. The maximum absolute atomic E-state index is 13.7. The fraction of sp³-hybridized carbons (Fsp3) is 0. The van der Waals surface area contributed by atoms with Crippen molar-refractivity contribution >= 4 is 34.5 Å². The van der Waals surface area contributed by atoms with Crippen molar-refractivity contribution in [3.63, 3.8) is 0 Å². The lowest BCUT2D eigenvalue weighted by Gasteiger charge is -2.06. The molecule has 2 aromatic carbocycles. The molecule has 1 amide bonds. The SMILES string of the molecule is O=C1Nc2ccccc2C1=CNc1cc(O)c(Cl)cc1F. The lowest BCUT2D eigenvalue weighted by molar-refractivity contribution is -0.110. The number of amides is 1. The summed E-state index contributed by atoms with van der Waals surface area (Å²) < 4.78 is 13.7. The van der Waals surface area contributed by atoms with Crippen molar-refractivity contribution in [2.45, 2.75) is 0 Å². The number of halogens is 2. The highest BCUT2D eigenvalue weighted by atomic mass is 35.5. The molecular formula is C15H10ClFN2O2. The fourth-order valence-corrected chi connectivity index (χ4v) is 2.23. The first-order valence-corrected chi connectivity index (χ1v) is 6.49. The van der Waals surface area contributed by atoms with E-state index in [4.69, 9.17) is 11.6 Å². The summed E-state index contributed by atoms with van der Waals surface area (Å²) in [5.41, 5.74) is 1.85. The van der Waals surface area contributed by atoms with Crippen LogP contribution in [0.4, 0.5) is 15.8 Å². The molecule has 0 atom stereocenters. The van der Waals surface area contributed by atoms with Gasteiger partial charge in [0, 0.05) is 23.5 Å². The van der Waals surface area contributed by atoms with Gasteiger partial charge in [-0.25, -0.2) is 4.39 Å². The third kappa shape index (κ3) is 2.43. The largest absolute Gasteiger partial charge is 0.506 e. The van der Waals surface area contributed by atoms with Crippen LogP contribution in [0.1, 0.15) is 5.56 Å². The number of nitrogens with one attached hydrogen (secondary N) is 2. The monoisotopic (exact) mass is 304 g/mol. The molecule has 3 N–H and O–H groups in total. The molecule has 2 aromatic rings. The van der Waals surface area contributed by atoms with E-state index in [0.717, 1.165) is 17.7 Å². The number of para-hydroxylation sites is 1. The molecule has 3 rings (SSSR count). The fourth-order valence-electron chi connectivity index (χ4n) is 2.08. The van der Waals surface area contributed by atoms with Gasteiger partial charge in [-0.3, -0.25) is 4.79 Å². The summed E-state index contributed by atoms with van der Waals surface area (Å²) in [4.78, 5) is 11.9. The number of anilines is 2. The van der Waals surface area contributed by atoms with Gasteiger partial charge in [0.05, 0.1) is 16.3 Å². The van der Waals surface area contributed by atoms with Crippen LogP contribution in [0.25, 0.3) is 5.57 Å². The van der Waals surface area contributed by atoms with Gasteiger partial charge in [-0.05, 0) is 12.1 Å². The van der Waals surface area contributed by atoms with Gasteiger partial charge < -0.3 is 15.7 Å². The van der Waals surface area contributed by atoms with Crippen LogP contribution in [-0.2, 0) is 4.79 Å². The van der Waals surface area contributed by atoms with Crippen LogP contribution in [0.3, 0.4) is 0 Å². The van der Waals surface area contributed by atoms with Crippen molar-refractivity contribution in [1.29, 1.82) is 0 Å². The van der Waals surface area contributed by atoms with Crippen molar-refractivity contribution in [3.8, 4) is 5.75 Å². The topological polar surface area (TPSA) is 61.4 Å². The third-order valence-electron chi connectivity index (χ3n) is 3.12. The van der Waals surface area contributed by atoms with Gasteiger partial charge in [-0.15, -0.1) is 0 Å². The van der Waals surface area contributed by atoms with E-state index in [2.05, 4.69) is 10.6 Å². The molecule has 1 aliphatic rings. The van der Waals surface area contributed by atoms with Crippen LogP contribution in [0, 0.1) is 5.82 Å². The van der Waals surface area contributed by atoms with Gasteiger partial charge in [0.1, 0.15) is 11.6 Å². The van der Waals surface area contributed by atoms with E-state index < -0.39 is 5.82 Å². The number of carbonyl (C=O) groups is 1. The standard InChI is InChI=1S/C15H10ClFN2O2/c16-10-5-11(17)13(6-14(10)20)18-7-9-8-3-1-2-4-12(8)19-15(9)21/h1-7,18,20H,(H,19,21). The molecule has 4 nitrogen and oxygen atoms in total. The van der Waals surface area contributed by atoms with Crippen LogP contribution in [0.15, 0.2) is 42.6 Å². The summed E-state index contributed by atoms with van der Waals surface area (Å²) in [6, 6.07) is 9.35. The Kier molecular flexibility index (Phi) is 3.27. The highest BCUT2D eigenvalue weighted by Gasteiger charge is 2.23. The second-order valence-corrected chi connectivity index (χ2v) is 4.89. The minimum atomic E-state index is -0.624. The van der Waals surface area contributed by atoms with Crippen LogP contribution < -0.4 is 10.6 Å². The zero-order valence-electron chi connectivity index (χ0n) is 10.7. The maximum atomic E-state index is 13.7. The van der Waals surface area contributed by atoms with Crippen molar-refractivity contribution in [1.82, 2.24) is 0 Å². The molecule has 0 radical (unpaired) electrons. The number of hydrogen-bond acceptors (Lipinski definition) is 3. The molecule has 0 bridgehead atoms. The number of rotatable bonds is 2. The summed E-state index contributed by atoms with van der Waals surface area (Å²) in [6.45, 7) is 0. The van der Waals surface area contributed by atoms with Crippen molar-refractivity contribution in [3.05, 3.63) is 59.0 Å². The van der Waals surface area contributed by atoms with E-state index in [1.54, 1.807) is 12.1 Å². The van der Waals surface area contributed by atoms with E-state index in [1.165, 1.54) is 6.20 Å². The predicted octanol–water partition coefficient (Wildman–Crippen LogP) is 3.59. The van der Waals surface area contributed by atoms with Crippen molar-refractivity contribution in [2.75, 3.05) is 10.6 Å². The quantitative estimate of drug-likeness (QED) is 0.743. The van der Waals surface area contributed by atoms with Crippen LogP contribution in [0.5, 0.6) is 5.75 Å². The molecule has 106 valence electrons. The molecule has 0 saturated carbocycles. The van der Waals surface area contributed by atoms with Gasteiger partial charge >= 0.3 is 0 Å². The number of fused-ring (bicyclic) bond motifs is 1. The van der Waals surface area contributed by atoms with Gasteiger partial charge in [0.2, 0.25) is 0 Å². The Morgan fingerprint density at radius 2 is 2.05 bits per heavy atom. The van der Waals surface area contributed by atoms with Crippen molar-refractivity contribution in [2.24, 2.45) is 0 Å². The average Bonchev–Trinajstić information content (AvgIpc) is 2.77. The number of hydrogen-bond donors (Lipinski definition) is 3. The minimum absolute atomic E-state index is 0.0292. The molecule has 1 heterocycles. The molecule has 0 saturated heterocycles. The predicted molar refractivity (Wildman–Crippen MR) is 79.7 cm³/mol. The first-order chi connectivity index (χ1) is 10.1. The summed E-state index contributed by atoms with van der Waals surface area (Å²) in [7, 11) is 0. The molecule has 0 aliphatic carbocycles. The normalized spacial score (nSPS) is 15.0. The van der Waals surface area contributed by atoms with E-state index in [9.17, 15) is 14.3 Å². The molecule has 0 fully saturated rings. The summed E-state index contributed by atoms with van der Waals surface area (Å²) in [5, 5.41) is 14.8. The van der Waals surface area contributed by atoms with Crippen LogP contribution in [-0.4, -0.2) is 11.0 Å². The van der Waals surface area contributed by atoms with E-state index in [1.807, 2.05) is 12.1 Å². The molecule has 6 heteroatoms. The maximum Gasteiger partial charge on any atom is 0.257 e. The molecule has 0 spiro atoms. The van der Waals surface area contributed by atoms with Crippen molar-refractivity contribution < 1.29 is 14.3 Å². The summed E-state index contributed by atoms with van der Waals surface area (Å²) in [6.07, 6.45) is 1.40. The van der Waals surface area contributed by atoms with E-state index in [0.29, 0.717) is 11.3 Å². The third-order valence-corrected chi connectivity index (χ3v) is 3.42. The molecule has 0 unspecified atom stereocenters. The first kappa shape index (κ1) is 13.5. The number of phenols is 1. The second kappa shape index (κ2) is 5.10.